The quantitative estimate of drug-likeness (QED) is 0.205. The van der Waals surface area contributed by atoms with E-state index in [0.717, 1.165) is 36.5 Å². The Kier molecular flexibility index (Phi) is 6.51. The van der Waals surface area contributed by atoms with Gasteiger partial charge in [0.05, 0.1) is 9.40 Å². The van der Waals surface area contributed by atoms with Crippen LogP contribution >= 0.6 is 11.3 Å². The standard InChI is InChI=1S/C24H22F4O2S/c1-2-3-14-4-6-15(7-5-14)12-29-18-10-8-16-17-9-11-19(30-13-20(25)26)22(28)24(17)31-23(16)21(18)27/h6,8-11,13-14H,2-5,7,12H2,1H3. The Labute approximate surface area is 181 Å². The van der Waals surface area contributed by atoms with Gasteiger partial charge in [0.25, 0.3) is 0 Å². The number of thiophene rings is 1. The molecule has 1 aliphatic rings. The van der Waals surface area contributed by atoms with Crippen molar-refractivity contribution in [3.8, 4) is 11.5 Å². The lowest BCUT2D eigenvalue weighted by Gasteiger charge is -2.21. The Balaban J connectivity index is 1.58. The number of fused-ring (bicyclic) bond motifs is 3. The fraction of sp³-hybridized carbons (Fsp3) is 0.333. The van der Waals surface area contributed by atoms with E-state index in [1.165, 1.54) is 30.5 Å². The molecule has 0 radical (unpaired) electrons. The molecule has 0 fully saturated rings. The Morgan fingerprint density at radius 3 is 2.35 bits per heavy atom. The first-order chi connectivity index (χ1) is 15.0. The number of hydrogen-bond acceptors (Lipinski definition) is 3. The molecule has 2 nitrogen and oxygen atoms in total. The molecular weight excluding hydrogens is 428 g/mol. The third-order valence-electron chi connectivity index (χ3n) is 5.62. The molecule has 3 aromatic rings. The van der Waals surface area contributed by atoms with E-state index < -0.39 is 17.7 Å². The molecule has 31 heavy (non-hydrogen) atoms. The van der Waals surface area contributed by atoms with E-state index in [-0.39, 0.29) is 27.2 Å². The monoisotopic (exact) mass is 450 g/mol. The minimum Gasteiger partial charge on any atom is -0.486 e. The van der Waals surface area contributed by atoms with Gasteiger partial charge in [-0.05, 0) is 55.0 Å². The van der Waals surface area contributed by atoms with Crippen LogP contribution in [0.3, 0.4) is 0 Å². The molecule has 0 saturated heterocycles. The highest BCUT2D eigenvalue weighted by atomic mass is 32.1. The fourth-order valence-corrected chi connectivity index (χ4v) is 5.19. The lowest BCUT2D eigenvalue weighted by molar-refractivity contribution is 0.318. The molecule has 0 spiro atoms. The SMILES string of the molecule is CCCC1CC=C(COc2ccc3c(sc4c(F)c(OC=C(F)F)ccc43)c2F)CC1. The lowest BCUT2D eigenvalue weighted by atomic mass is 9.87. The molecule has 1 unspecified atom stereocenters. The third-order valence-corrected chi connectivity index (χ3v) is 6.82. The summed E-state index contributed by atoms with van der Waals surface area (Å²) in [6.45, 7) is 2.52. The predicted octanol–water partition coefficient (Wildman–Crippen LogP) is 8.35. The number of ether oxygens (including phenoxy) is 2. The van der Waals surface area contributed by atoms with Crippen LogP contribution in [0.2, 0.25) is 0 Å². The molecular formula is C24H22F4O2S. The predicted molar refractivity (Wildman–Crippen MR) is 116 cm³/mol. The van der Waals surface area contributed by atoms with Gasteiger partial charge in [0, 0.05) is 10.8 Å². The number of halogens is 4. The maximum atomic E-state index is 15.1. The van der Waals surface area contributed by atoms with E-state index >= 15 is 4.39 Å². The van der Waals surface area contributed by atoms with Gasteiger partial charge in [-0.1, -0.05) is 25.8 Å². The van der Waals surface area contributed by atoms with Crippen molar-refractivity contribution in [2.45, 2.75) is 39.0 Å². The maximum absolute atomic E-state index is 15.1. The molecule has 0 amide bonds. The van der Waals surface area contributed by atoms with E-state index in [2.05, 4.69) is 17.7 Å². The van der Waals surface area contributed by atoms with Crippen molar-refractivity contribution < 1.29 is 27.0 Å². The first-order valence-electron chi connectivity index (χ1n) is 10.3. The van der Waals surface area contributed by atoms with Crippen molar-refractivity contribution in [2.24, 2.45) is 5.92 Å². The third kappa shape index (κ3) is 4.56. The van der Waals surface area contributed by atoms with Crippen molar-refractivity contribution in [1.29, 1.82) is 0 Å². The van der Waals surface area contributed by atoms with E-state index in [1.807, 2.05) is 0 Å². The van der Waals surface area contributed by atoms with Gasteiger partial charge in [-0.15, -0.1) is 11.3 Å². The van der Waals surface area contributed by atoms with E-state index in [4.69, 9.17) is 4.74 Å². The molecule has 1 heterocycles. The van der Waals surface area contributed by atoms with E-state index in [1.54, 1.807) is 12.1 Å². The molecule has 1 aromatic heterocycles. The zero-order valence-electron chi connectivity index (χ0n) is 17.0. The van der Waals surface area contributed by atoms with Crippen LogP contribution in [0.4, 0.5) is 17.6 Å². The molecule has 4 rings (SSSR count). The Hall–Kier alpha value is -2.54. The molecule has 1 aliphatic carbocycles. The number of hydrogen-bond donors (Lipinski definition) is 0. The topological polar surface area (TPSA) is 18.5 Å². The van der Waals surface area contributed by atoms with Crippen molar-refractivity contribution >= 4 is 31.5 Å². The maximum Gasteiger partial charge on any atom is 0.305 e. The van der Waals surface area contributed by atoms with Gasteiger partial charge in [-0.3, -0.25) is 0 Å². The van der Waals surface area contributed by atoms with Crippen LogP contribution in [0.5, 0.6) is 11.5 Å². The van der Waals surface area contributed by atoms with Crippen LogP contribution in [0.1, 0.15) is 39.0 Å². The second kappa shape index (κ2) is 9.30. The average Bonchev–Trinajstić information content (AvgIpc) is 3.14. The van der Waals surface area contributed by atoms with Crippen molar-refractivity contribution in [3.05, 3.63) is 59.9 Å². The average molecular weight is 450 g/mol. The highest BCUT2D eigenvalue weighted by Gasteiger charge is 2.19. The molecule has 164 valence electrons. The zero-order chi connectivity index (χ0) is 22.0. The Morgan fingerprint density at radius 2 is 1.74 bits per heavy atom. The molecule has 0 N–H and O–H groups in total. The van der Waals surface area contributed by atoms with Crippen molar-refractivity contribution in [1.82, 2.24) is 0 Å². The van der Waals surface area contributed by atoms with Crippen LogP contribution in [-0.2, 0) is 0 Å². The normalized spacial score (nSPS) is 16.4. The minimum absolute atomic E-state index is 0.120. The minimum atomic E-state index is -2.07. The molecule has 0 saturated carbocycles. The summed E-state index contributed by atoms with van der Waals surface area (Å²) in [5.41, 5.74) is 1.17. The Bertz CT molecular complexity index is 1160. The highest BCUT2D eigenvalue weighted by Crippen LogP contribution is 2.42. The zero-order valence-corrected chi connectivity index (χ0v) is 17.8. The summed E-state index contributed by atoms with van der Waals surface area (Å²) < 4.78 is 65.1. The second-order valence-corrected chi connectivity index (χ2v) is 8.74. The van der Waals surface area contributed by atoms with Crippen LogP contribution in [0, 0.1) is 17.6 Å². The van der Waals surface area contributed by atoms with Gasteiger partial charge in [0.15, 0.2) is 29.4 Å². The molecule has 7 heteroatoms. The number of rotatable bonds is 7. The second-order valence-electron chi connectivity index (χ2n) is 7.72. The summed E-state index contributed by atoms with van der Waals surface area (Å²) in [5.74, 6) is -0.840. The first-order valence-corrected chi connectivity index (χ1v) is 11.1. The number of allylic oxidation sites excluding steroid dienone is 1. The summed E-state index contributed by atoms with van der Waals surface area (Å²) >= 11 is 0.912. The van der Waals surface area contributed by atoms with E-state index in [9.17, 15) is 13.2 Å². The summed E-state index contributed by atoms with van der Waals surface area (Å²) in [6.07, 6.45) is 5.84. The summed E-state index contributed by atoms with van der Waals surface area (Å²) in [5, 5.41) is 1.04. The molecule has 2 aromatic carbocycles. The van der Waals surface area contributed by atoms with Crippen molar-refractivity contribution in [2.75, 3.05) is 6.61 Å². The fourth-order valence-electron chi connectivity index (χ4n) is 4.03. The van der Waals surface area contributed by atoms with Gasteiger partial charge in [0.1, 0.15) is 6.61 Å². The van der Waals surface area contributed by atoms with Gasteiger partial charge < -0.3 is 9.47 Å². The highest BCUT2D eigenvalue weighted by molar-refractivity contribution is 7.25. The Morgan fingerprint density at radius 1 is 1.06 bits per heavy atom. The van der Waals surface area contributed by atoms with Crippen LogP contribution in [0.15, 0.2) is 48.3 Å². The summed E-state index contributed by atoms with van der Waals surface area (Å²) in [6, 6.07) is 6.04. The summed E-state index contributed by atoms with van der Waals surface area (Å²) in [4.78, 5) is 0. The molecule has 1 atom stereocenters. The number of benzene rings is 2. The van der Waals surface area contributed by atoms with Crippen molar-refractivity contribution in [3.63, 3.8) is 0 Å². The van der Waals surface area contributed by atoms with Gasteiger partial charge in [-0.25, -0.2) is 8.78 Å². The van der Waals surface area contributed by atoms with Gasteiger partial charge in [0.2, 0.25) is 0 Å². The van der Waals surface area contributed by atoms with Crippen LogP contribution in [-0.4, -0.2) is 6.61 Å². The molecule has 0 bridgehead atoms. The van der Waals surface area contributed by atoms with Gasteiger partial charge in [-0.2, -0.15) is 8.78 Å². The largest absolute Gasteiger partial charge is 0.486 e. The lowest BCUT2D eigenvalue weighted by Crippen LogP contribution is -2.10. The molecule has 0 aliphatic heterocycles. The van der Waals surface area contributed by atoms with Crippen LogP contribution in [0.25, 0.3) is 20.2 Å². The summed E-state index contributed by atoms with van der Waals surface area (Å²) in [7, 11) is 0. The van der Waals surface area contributed by atoms with Crippen LogP contribution < -0.4 is 9.47 Å². The first kappa shape index (κ1) is 21.7. The smallest absolute Gasteiger partial charge is 0.305 e. The van der Waals surface area contributed by atoms with Gasteiger partial charge >= 0.3 is 6.08 Å². The van der Waals surface area contributed by atoms with E-state index in [0.29, 0.717) is 17.4 Å².